The van der Waals surface area contributed by atoms with Crippen LogP contribution in [0, 0.1) is 0 Å². The van der Waals surface area contributed by atoms with Gasteiger partial charge in [0.2, 0.25) is 0 Å². The lowest BCUT2D eigenvalue weighted by Gasteiger charge is -2.13. The molecule has 0 aliphatic carbocycles. The Hall–Kier alpha value is -4.45. The van der Waals surface area contributed by atoms with Gasteiger partial charge in [-0.3, -0.25) is 4.79 Å². The Labute approximate surface area is 191 Å². The molecule has 1 aromatic heterocycles. The Morgan fingerprint density at radius 3 is 2.12 bits per heavy atom. The van der Waals surface area contributed by atoms with Gasteiger partial charge in [-0.15, -0.1) is 5.16 Å². The van der Waals surface area contributed by atoms with Crippen LogP contribution in [0.15, 0.2) is 112 Å². The SMILES string of the molecule is COc1ccc(/C(C/C=N/O)=N/n2c(-c3ccccc3)cc(-c3ccccc3)cc2=O)cc1. The van der Waals surface area contributed by atoms with Gasteiger partial charge >= 0.3 is 0 Å². The number of ether oxygens (including phenoxy) is 1. The van der Waals surface area contributed by atoms with Crippen LogP contribution in [-0.4, -0.2) is 28.9 Å². The quantitative estimate of drug-likeness (QED) is 0.242. The lowest BCUT2D eigenvalue weighted by molar-refractivity contribution is 0.321. The molecule has 0 bridgehead atoms. The minimum absolute atomic E-state index is 0.240. The highest BCUT2D eigenvalue weighted by Gasteiger charge is 2.12. The van der Waals surface area contributed by atoms with Crippen LogP contribution in [-0.2, 0) is 0 Å². The minimum Gasteiger partial charge on any atom is -0.497 e. The lowest BCUT2D eigenvalue weighted by atomic mass is 10.0. The normalized spacial score (nSPS) is 11.6. The second-order valence-electron chi connectivity index (χ2n) is 7.29. The van der Waals surface area contributed by atoms with E-state index in [-0.39, 0.29) is 12.0 Å². The van der Waals surface area contributed by atoms with E-state index < -0.39 is 0 Å². The third-order valence-electron chi connectivity index (χ3n) is 5.20. The van der Waals surface area contributed by atoms with Gasteiger partial charge in [0.05, 0.1) is 18.5 Å². The fraction of sp³-hybridized carbons (Fsp3) is 0.0741. The fourth-order valence-electron chi connectivity index (χ4n) is 3.53. The maximum absolute atomic E-state index is 13.3. The lowest BCUT2D eigenvalue weighted by Crippen LogP contribution is -2.20. The van der Waals surface area contributed by atoms with E-state index in [9.17, 15) is 4.79 Å². The van der Waals surface area contributed by atoms with Crippen LogP contribution in [0.4, 0.5) is 0 Å². The van der Waals surface area contributed by atoms with Crippen molar-refractivity contribution >= 4 is 11.9 Å². The van der Waals surface area contributed by atoms with Gasteiger partial charge in [0.1, 0.15) is 5.75 Å². The number of rotatable bonds is 7. The molecule has 6 heteroatoms. The van der Waals surface area contributed by atoms with Crippen LogP contribution in [0.5, 0.6) is 5.75 Å². The third kappa shape index (κ3) is 5.07. The van der Waals surface area contributed by atoms with Crippen molar-refractivity contribution in [1.82, 2.24) is 4.68 Å². The summed E-state index contributed by atoms with van der Waals surface area (Å²) in [5.74, 6) is 0.711. The number of nitrogens with zero attached hydrogens (tertiary/aromatic N) is 3. The first-order chi connectivity index (χ1) is 16.2. The van der Waals surface area contributed by atoms with Gasteiger partial charge in [0, 0.05) is 24.3 Å². The molecule has 0 spiro atoms. The van der Waals surface area contributed by atoms with Crippen molar-refractivity contribution in [2.75, 3.05) is 7.11 Å². The van der Waals surface area contributed by atoms with Crippen molar-refractivity contribution in [1.29, 1.82) is 0 Å². The first kappa shape index (κ1) is 21.8. The monoisotopic (exact) mass is 437 g/mol. The van der Waals surface area contributed by atoms with Crippen molar-refractivity contribution in [3.05, 3.63) is 113 Å². The molecule has 33 heavy (non-hydrogen) atoms. The largest absolute Gasteiger partial charge is 0.497 e. The molecule has 0 fully saturated rings. The van der Waals surface area contributed by atoms with Crippen molar-refractivity contribution in [2.45, 2.75) is 6.42 Å². The molecule has 4 aromatic rings. The molecule has 164 valence electrons. The van der Waals surface area contributed by atoms with Crippen LogP contribution in [0.25, 0.3) is 22.4 Å². The van der Waals surface area contributed by atoms with Crippen molar-refractivity contribution in [2.24, 2.45) is 10.3 Å². The summed E-state index contributed by atoms with van der Waals surface area (Å²) in [6.45, 7) is 0. The maximum atomic E-state index is 13.3. The number of pyridine rings is 1. The molecule has 0 radical (unpaired) electrons. The molecule has 1 heterocycles. The average Bonchev–Trinajstić information content (AvgIpc) is 2.88. The number of hydrogen-bond acceptors (Lipinski definition) is 5. The summed E-state index contributed by atoms with van der Waals surface area (Å²) >= 11 is 0. The Kier molecular flexibility index (Phi) is 6.75. The number of aromatic nitrogens is 1. The molecule has 0 saturated carbocycles. The van der Waals surface area contributed by atoms with Crippen LogP contribution >= 0.6 is 0 Å². The third-order valence-corrected chi connectivity index (χ3v) is 5.20. The molecule has 0 atom stereocenters. The molecule has 0 aliphatic heterocycles. The van der Waals surface area contributed by atoms with E-state index in [4.69, 9.17) is 15.0 Å². The van der Waals surface area contributed by atoms with Gasteiger partial charge in [-0.25, -0.2) is 0 Å². The molecule has 0 saturated heterocycles. The Morgan fingerprint density at radius 2 is 1.52 bits per heavy atom. The molecule has 1 N–H and O–H groups in total. The number of methoxy groups -OCH3 is 1. The summed E-state index contributed by atoms with van der Waals surface area (Å²) in [6, 6.07) is 30.3. The van der Waals surface area contributed by atoms with E-state index in [1.807, 2.05) is 91.0 Å². The molecule has 3 aromatic carbocycles. The highest BCUT2D eigenvalue weighted by Crippen LogP contribution is 2.25. The first-order valence-corrected chi connectivity index (χ1v) is 10.5. The maximum Gasteiger partial charge on any atom is 0.272 e. The van der Waals surface area contributed by atoms with Crippen LogP contribution in [0.2, 0.25) is 0 Å². The van der Waals surface area contributed by atoms with Crippen molar-refractivity contribution in [3.8, 4) is 28.1 Å². The molecule has 4 rings (SSSR count). The molecule has 0 amide bonds. The highest BCUT2D eigenvalue weighted by atomic mass is 16.5. The minimum atomic E-state index is -0.262. The molecular weight excluding hydrogens is 414 g/mol. The molecule has 6 nitrogen and oxygen atoms in total. The molecular formula is C27H23N3O3. The predicted molar refractivity (Wildman–Crippen MR) is 131 cm³/mol. The van der Waals surface area contributed by atoms with E-state index in [0.717, 1.165) is 22.3 Å². The Morgan fingerprint density at radius 1 is 0.879 bits per heavy atom. The van der Waals surface area contributed by atoms with Crippen LogP contribution in [0.1, 0.15) is 12.0 Å². The van der Waals surface area contributed by atoms with E-state index in [1.54, 1.807) is 13.2 Å². The number of oxime groups is 1. The van der Waals surface area contributed by atoms with E-state index >= 15 is 0 Å². The zero-order chi connectivity index (χ0) is 23.0. The van der Waals surface area contributed by atoms with Gasteiger partial charge in [-0.1, -0.05) is 60.7 Å². The summed E-state index contributed by atoms with van der Waals surface area (Å²) in [4.78, 5) is 13.3. The summed E-state index contributed by atoms with van der Waals surface area (Å²) < 4.78 is 6.63. The second-order valence-corrected chi connectivity index (χ2v) is 7.29. The van der Waals surface area contributed by atoms with Crippen LogP contribution < -0.4 is 10.3 Å². The Bertz CT molecular complexity index is 1330. The van der Waals surface area contributed by atoms with E-state index in [2.05, 4.69) is 5.16 Å². The van der Waals surface area contributed by atoms with E-state index in [1.165, 1.54) is 10.9 Å². The first-order valence-electron chi connectivity index (χ1n) is 10.5. The van der Waals surface area contributed by atoms with E-state index in [0.29, 0.717) is 17.2 Å². The van der Waals surface area contributed by atoms with Gasteiger partial charge in [-0.2, -0.15) is 9.78 Å². The zero-order valence-corrected chi connectivity index (χ0v) is 18.1. The topological polar surface area (TPSA) is 76.2 Å². The van der Waals surface area contributed by atoms with Crippen molar-refractivity contribution in [3.63, 3.8) is 0 Å². The summed E-state index contributed by atoms with van der Waals surface area (Å²) in [6.07, 6.45) is 1.58. The number of benzene rings is 3. The summed E-state index contributed by atoms with van der Waals surface area (Å²) in [7, 11) is 1.60. The predicted octanol–water partition coefficient (Wildman–Crippen LogP) is 5.29. The van der Waals surface area contributed by atoms with Gasteiger partial charge < -0.3 is 9.94 Å². The van der Waals surface area contributed by atoms with Gasteiger partial charge in [-0.05, 0) is 47.0 Å². The zero-order valence-electron chi connectivity index (χ0n) is 18.1. The van der Waals surface area contributed by atoms with Crippen molar-refractivity contribution < 1.29 is 9.94 Å². The second kappa shape index (κ2) is 10.2. The summed E-state index contributed by atoms with van der Waals surface area (Å²) in [5.41, 5.74) is 4.38. The number of hydrogen-bond donors (Lipinski definition) is 1. The molecule has 0 unspecified atom stereocenters. The summed E-state index contributed by atoms with van der Waals surface area (Å²) in [5, 5.41) is 16.8. The van der Waals surface area contributed by atoms with Gasteiger partial charge in [0.15, 0.2) is 0 Å². The standard InChI is InChI=1S/C27H23N3O3/c1-33-24-14-12-21(13-15-24)25(16-17-28-32)29-30-26(22-10-6-3-7-11-22)18-23(19-27(30)31)20-8-4-2-5-9-20/h2-15,17-19,32H,16H2,1H3/b28-17+,29-25+. The molecule has 0 aliphatic rings. The fourth-order valence-corrected chi connectivity index (χ4v) is 3.53. The van der Waals surface area contributed by atoms with Gasteiger partial charge in [0.25, 0.3) is 5.56 Å². The average molecular weight is 437 g/mol. The smallest absolute Gasteiger partial charge is 0.272 e. The Balaban J connectivity index is 1.91. The van der Waals surface area contributed by atoms with Crippen LogP contribution in [0.3, 0.4) is 0 Å². The highest BCUT2D eigenvalue weighted by molar-refractivity contribution is 6.07.